The van der Waals surface area contributed by atoms with Crippen molar-refractivity contribution in [2.45, 2.75) is 69.4 Å². The lowest BCUT2D eigenvalue weighted by molar-refractivity contribution is -0.473. The van der Waals surface area contributed by atoms with E-state index >= 15 is 0 Å². The van der Waals surface area contributed by atoms with Gasteiger partial charge in [-0.2, -0.15) is 0 Å². The van der Waals surface area contributed by atoms with Crippen LogP contribution in [0.3, 0.4) is 0 Å². The zero-order valence-corrected chi connectivity index (χ0v) is 11.3. The van der Waals surface area contributed by atoms with Crippen molar-refractivity contribution in [2.75, 3.05) is 6.61 Å². The molecule has 16 heavy (non-hydrogen) atoms. The summed E-state index contributed by atoms with van der Waals surface area (Å²) in [6.45, 7) is 0.686. The third-order valence-electron chi connectivity index (χ3n) is 3.85. The Morgan fingerprint density at radius 3 is 2.38 bits per heavy atom. The average molecular weight is 244 g/mol. The Morgan fingerprint density at radius 2 is 1.56 bits per heavy atom. The lowest BCUT2D eigenvalue weighted by Crippen LogP contribution is -2.27. The predicted molar refractivity (Wildman–Crippen MR) is 65.4 cm³/mol. The van der Waals surface area contributed by atoms with Gasteiger partial charge in [0.15, 0.2) is 0 Å². The van der Waals surface area contributed by atoms with Crippen LogP contribution in [0.5, 0.6) is 0 Å². The highest BCUT2D eigenvalue weighted by Crippen LogP contribution is 2.32. The first-order valence-corrected chi connectivity index (χ1v) is 8.87. The summed E-state index contributed by atoms with van der Waals surface area (Å²) >= 11 is 0. The van der Waals surface area contributed by atoms with E-state index < -0.39 is 9.04 Å². The van der Waals surface area contributed by atoms with E-state index in [9.17, 15) is 0 Å². The van der Waals surface area contributed by atoms with Crippen molar-refractivity contribution >= 4 is 9.04 Å². The molecule has 0 amide bonds. The summed E-state index contributed by atoms with van der Waals surface area (Å²) in [6, 6.07) is 1.27. The van der Waals surface area contributed by atoms with Gasteiger partial charge in [0.1, 0.15) is 0 Å². The minimum atomic E-state index is -1.18. The maximum Gasteiger partial charge on any atom is 0.231 e. The molecule has 0 aromatic carbocycles. The smallest absolute Gasteiger partial charge is 0.231 e. The summed E-state index contributed by atoms with van der Waals surface area (Å²) in [4.78, 5) is 4.96. The zero-order chi connectivity index (χ0) is 11.1. The van der Waals surface area contributed by atoms with Gasteiger partial charge in [0.25, 0.3) is 0 Å². The molecule has 1 heterocycles. The maximum atomic E-state index is 5.54. The number of hydrogen-bond donors (Lipinski definition) is 0. The van der Waals surface area contributed by atoms with Crippen LogP contribution in [0.15, 0.2) is 0 Å². The molecule has 0 N–H and O–H groups in total. The molecule has 0 radical (unpaired) electrons. The SMILES string of the molecule is C1CCCC([SiH]2CCCCOOO2)CCC1. The van der Waals surface area contributed by atoms with Gasteiger partial charge in [-0.1, -0.05) is 56.4 Å². The van der Waals surface area contributed by atoms with Gasteiger partial charge in [-0.3, -0.25) is 4.58 Å². The molecule has 1 atom stereocenters. The second-order valence-electron chi connectivity index (χ2n) is 5.13. The molecule has 1 aliphatic carbocycles. The predicted octanol–water partition coefficient (Wildman–Crippen LogP) is 3.50. The zero-order valence-electron chi connectivity index (χ0n) is 10.2. The highest BCUT2D eigenvalue weighted by molar-refractivity contribution is 6.53. The van der Waals surface area contributed by atoms with Gasteiger partial charge in [-0.05, 0) is 18.0 Å². The molecule has 0 bridgehead atoms. The van der Waals surface area contributed by atoms with Crippen LogP contribution >= 0.6 is 0 Å². The molecule has 2 fully saturated rings. The van der Waals surface area contributed by atoms with Gasteiger partial charge in [-0.25, -0.2) is 4.89 Å². The van der Waals surface area contributed by atoms with Gasteiger partial charge >= 0.3 is 0 Å². The second kappa shape index (κ2) is 7.43. The molecule has 2 rings (SSSR count). The lowest BCUT2D eigenvalue weighted by Gasteiger charge is -2.26. The van der Waals surface area contributed by atoms with Crippen LogP contribution in [-0.4, -0.2) is 15.6 Å². The Kier molecular flexibility index (Phi) is 5.83. The van der Waals surface area contributed by atoms with E-state index in [1.807, 2.05) is 0 Å². The summed E-state index contributed by atoms with van der Waals surface area (Å²) in [5, 5.41) is 4.87. The van der Waals surface area contributed by atoms with Crippen molar-refractivity contribution in [1.29, 1.82) is 0 Å². The van der Waals surface area contributed by atoms with E-state index in [0.717, 1.165) is 12.0 Å². The number of hydrogen-bond acceptors (Lipinski definition) is 3. The minimum Gasteiger partial charge on any atom is -0.260 e. The molecule has 1 aliphatic heterocycles. The lowest BCUT2D eigenvalue weighted by atomic mass is 10.0. The monoisotopic (exact) mass is 244 g/mol. The second-order valence-corrected chi connectivity index (χ2v) is 7.92. The summed E-state index contributed by atoms with van der Waals surface area (Å²) in [5.74, 6) is 0. The molecule has 94 valence electrons. The fraction of sp³-hybridized carbons (Fsp3) is 1.00. The topological polar surface area (TPSA) is 27.7 Å². The third kappa shape index (κ3) is 4.16. The van der Waals surface area contributed by atoms with Crippen molar-refractivity contribution < 1.29 is 14.5 Å². The average Bonchev–Trinajstić information content (AvgIpc) is 2.18. The van der Waals surface area contributed by atoms with Crippen LogP contribution < -0.4 is 0 Å². The highest BCUT2D eigenvalue weighted by atomic mass is 28.3. The van der Waals surface area contributed by atoms with Crippen molar-refractivity contribution in [2.24, 2.45) is 0 Å². The minimum absolute atomic E-state index is 0.686. The Bertz CT molecular complexity index is 153. The van der Waals surface area contributed by atoms with Gasteiger partial charge in [0, 0.05) is 0 Å². The van der Waals surface area contributed by atoms with E-state index in [1.54, 1.807) is 0 Å². The fourth-order valence-corrected chi connectivity index (χ4v) is 5.63. The normalized spacial score (nSPS) is 31.1. The highest BCUT2D eigenvalue weighted by Gasteiger charge is 2.27. The first-order valence-electron chi connectivity index (χ1n) is 6.92. The standard InChI is InChI=1S/C12H24O3Si/c1-2-4-8-12(9-5-3-1)16-11-7-6-10-13-14-15-16/h12,16H,1-11H2. The fourth-order valence-electron chi connectivity index (χ4n) is 2.84. The molecule has 0 spiro atoms. The molecule has 4 heteroatoms. The van der Waals surface area contributed by atoms with Crippen molar-refractivity contribution in [1.82, 2.24) is 0 Å². The number of rotatable bonds is 1. The van der Waals surface area contributed by atoms with E-state index in [2.05, 4.69) is 0 Å². The molecule has 1 unspecified atom stereocenters. The van der Waals surface area contributed by atoms with Gasteiger partial charge in [0.2, 0.25) is 9.04 Å². The van der Waals surface area contributed by atoms with Crippen LogP contribution in [0.1, 0.15) is 57.8 Å². The third-order valence-corrected chi connectivity index (χ3v) is 6.87. The molecule has 0 aromatic rings. The Hall–Kier alpha value is 0.0969. The molecular formula is C12H24O3Si. The summed E-state index contributed by atoms with van der Waals surface area (Å²) in [6.07, 6.45) is 12.1. The van der Waals surface area contributed by atoms with Crippen LogP contribution in [0.4, 0.5) is 0 Å². The molecule has 0 aromatic heterocycles. The van der Waals surface area contributed by atoms with E-state index in [-0.39, 0.29) is 0 Å². The first-order chi connectivity index (χ1) is 7.97. The summed E-state index contributed by atoms with van der Waals surface area (Å²) in [7, 11) is -1.18. The molecule has 3 nitrogen and oxygen atoms in total. The molecule has 1 saturated carbocycles. The first kappa shape index (κ1) is 12.6. The Balaban J connectivity index is 1.81. The van der Waals surface area contributed by atoms with Gasteiger partial charge in [-0.15, -0.1) is 0 Å². The van der Waals surface area contributed by atoms with Crippen molar-refractivity contribution in [3.63, 3.8) is 0 Å². The van der Waals surface area contributed by atoms with E-state index in [0.29, 0.717) is 6.61 Å². The van der Waals surface area contributed by atoms with Crippen LogP contribution in [-0.2, 0) is 14.5 Å². The maximum absolute atomic E-state index is 5.54. The summed E-state index contributed by atoms with van der Waals surface area (Å²) < 4.78 is 5.54. The molecule has 2 aliphatic rings. The van der Waals surface area contributed by atoms with Crippen LogP contribution in [0, 0.1) is 0 Å². The van der Waals surface area contributed by atoms with E-state index in [1.165, 1.54) is 57.4 Å². The van der Waals surface area contributed by atoms with Crippen LogP contribution in [0.2, 0.25) is 11.6 Å². The Labute approximate surface area is 100 Å². The molecule has 1 saturated heterocycles. The Morgan fingerprint density at radius 1 is 0.812 bits per heavy atom. The van der Waals surface area contributed by atoms with Crippen LogP contribution in [0.25, 0.3) is 0 Å². The van der Waals surface area contributed by atoms with E-state index in [4.69, 9.17) is 14.5 Å². The van der Waals surface area contributed by atoms with Gasteiger partial charge < -0.3 is 0 Å². The summed E-state index contributed by atoms with van der Waals surface area (Å²) in [5.41, 5.74) is 0.821. The van der Waals surface area contributed by atoms with Crippen molar-refractivity contribution in [3.05, 3.63) is 0 Å². The molecular weight excluding hydrogens is 220 g/mol. The van der Waals surface area contributed by atoms with Crippen molar-refractivity contribution in [3.8, 4) is 0 Å². The van der Waals surface area contributed by atoms with Gasteiger partial charge in [0.05, 0.1) is 6.61 Å². The largest absolute Gasteiger partial charge is 0.260 e. The quantitative estimate of drug-likeness (QED) is 0.522.